The summed E-state index contributed by atoms with van der Waals surface area (Å²) in [5.41, 5.74) is 0.302. The number of halogens is 2. The van der Waals surface area contributed by atoms with Gasteiger partial charge in [0.1, 0.15) is 11.5 Å². The first-order valence-electron chi connectivity index (χ1n) is 5.58. The molecule has 6 nitrogen and oxygen atoms in total. The summed E-state index contributed by atoms with van der Waals surface area (Å²) in [6.45, 7) is 1.47. The first-order valence-corrected chi connectivity index (χ1v) is 5.95. The van der Waals surface area contributed by atoms with E-state index in [1.165, 1.54) is 30.0 Å². The van der Waals surface area contributed by atoms with Crippen LogP contribution in [0.5, 0.6) is 0 Å². The van der Waals surface area contributed by atoms with E-state index in [1.807, 2.05) is 0 Å². The van der Waals surface area contributed by atoms with Crippen LogP contribution in [-0.4, -0.2) is 21.9 Å². The second kappa shape index (κ2) is 5.38. The molecule has 0 saturated heterocycles. The van der Waals surface area contributed by atoms with Gasteiger partial charge in [-0.25, -0.2) is 9.37 Å². The van der Waals surface area contributed by atoms with E-state index in [2.05, 4.69) is 9.97 Å². The van der Waals surface area contributed by atoms with Gasteiger partial charge in [0, 0.05) is 12.7 Å². The molecule has 0 atom stereocenters. The Balaban J connectivity index is 2.59. The summed E-state index contributed by atoms with van der Waals surface area (Å²) in [5.74, 6) is -0.438. The molecule has 0 radical (unpaired) electrons. The average Bonchev–Trinajstić information content (AvgIpc) is 2.36. The van der Waals surface area contributed by atoms with Crippen LogP contribution in [0.2, 0.25) is 5.28 Å². The van der Waals surface area contributed by atoms with E-state index in [0.717, 1.165) is 0 Å². The van der Waals surface area contributed by atoms with Crippen LogP contribution in [0.25, 0.3) is 0 Å². The Labute approximate surface area is 119 Å². The molecule has 0 fully saturated rings. The molecule has 8 heteroatoms. The van der Waals surface area contributed by atoms with Gasteiger partial charge in [-0.3, -0.25) is 10.1 Å². The number of nitro groups is 1. The predicted octanol–water partition coefficient (Wildman–Crippen LogP) is 3.25. The number of hydrogen-bond donors (Lipinski definition) is 0. The molecule has 1 aromatic carbocycles. The summed E-state index contributed by atoms with van der Waals surface area (Å²) >= 11 is 5.74. The number of hydrogen-bond acceptors (Lipinski definition) is 5. The molecule has 0 N–H and O–H groups in total. The molecule has 1 heterocycles. The lowest BCUT2D eigenvalue weighted by Gasteiger charge is -2.18. The second-order valence-electron chi connectivity index (χ2n) is 4.05. The molecule has 0 aliphatic rings. The highest BCUT2D eigenvalue weighted by Gasteiger charge is 2.25. The second-order valence-corrected chi connectivity index (χ2v) is 4.38. The molecule has 20 heavy (non-hydrogen) atoms. The smallest absolute Gasteiger partial charge is 0.323 e. The zero-order valence-corrected chi connectivity index (χ0v) is 11.4. The Morgan fingerprint density at radius 1 is 1.40 bits per heavy atom. The van der Waals surface area contributed by atoms with Crippen molar-refractivity contribution in [2.45, 2.75) is 6.92 Å². The standard InChI is InChI=1S/C12H10ClFN4O2/c1-7-10(18(19)20)11(16-12(13)15-7)17(2)9-5-3-4-8(14)6-9/h3-6H,1-2H3. The van der Waals surface area contributed by atoms with Crippen LogP contribution in [0, 0.1) is 22.9 Å². The first-order chi connectivity index (χ1) is 9.40. The van der Waals surface area contributed by atoms with Crippen LogP contribution in [0.1, 0.15) is 5.69 Å². The Morgan fingerprint density at radius 3 is 2.70 bits per heavy atom. The summed E-state index contributed by atoms with van der Waals surface area (Å²) in [4.78, 5) is 19.6. The lowest BCUT2D eigenvalue weighted by Crippen LogP contribution is -2.15. The molecule has 104 valence electrons. The number of aryl methyl sites for hydroxylation is 1. The van der Waals surface area contributed by atoms with Crippen molar-refractivity contribution >= 4 is 28.8 Å². The minimum absolute atomic E-state index is 0.0121. The average molecular weight is 297 g/mol. The van der Waals surface area contributed by atoms with Crippen molar-refractivity contribution in [3.05, 3.63) is 51.2 Å². The number of rotatable bonds is 3. The van der Waals surface area contributed by atoms with Gasteiger partial charge >= 0.3 is 5.69 Å². The summed E-state index contributed by atoms with van der Waals surface area (Å²) < 4.78 is 13.2. The van der Waals surface area contributed by atoms with E-state index in [1.54, 1.807) is 13.1 Å². The topological polar surface area (TPSA) is 72.2 Å². The first kappa shape index (κ1) is 14.1. The summed E-state index contributed by atoms with van der Waals surface area (Å²) in [6, 6.07) is 5.64. The van der Waals surface area contributed by atoms with Gasteiger partial charge in [0.25, 0.3) is 0 Å². The summed E-state index contributed by atoms with van der Waals surface area (Å²) in [7, 11) is 1.54. The van der Waals surface area contributed by atoms with Crippen LogP contribution >= 0.6 is 11.6 Å². The third kappa shape index (κ3) is 2.67. The third-order valence-electron chi connectivity index (χ3n) is 2.71. The molecule has 2 aromatic rings. The Hall–Kier alpha value is -2.28. The Kier molecular flexibility index (Phi) is 3.80. The molecular weight excluding hydrogens is 287 g/mol. The quantitative estimate of drug-likeness (QED) is 0.494. The Morgan fingerprint density at radius 2 is 2.10 bits per heavy atom. The monoisotopic (exact) mass is 296 g/mol. The van der Waals surface area contributed by atoms with E-state index in [9.17, 15) is 14.5 Å². The molecule has 0 aliphatic carbocycles. The third-order valence-corrected chi connectivity index (χ3v) is 2.88. The molecule has 0 spiro atoms. The number of anilines is 2. The van der Waals surface area contributed by atoms with Crippen molar-refractivity contribution in [1.82, 2.24) is 9.97 Å². The highest BCUT2D eigenvalue weighted by molar-refractivity contribution is 6.28. The molecule has 0 amide bonds. The molecule has 0 saturated carbocycles. The fraction of sp³-hybridized carbons (Fsp3) is 0.167. The number of nitrogens with zero attached hydrogens (tertiary/aromatic N) is 4. The minimum atomic E-state index is -0.587. The van der Waals surface area contributed by atoms with Crippen LogP contribution in [-0.2, 0) is 0 Å². The van der Waals surface area contributed by atoms with Crippen LogP contribution in [0.4, 0.5) is 21.6 Å². The maximum Gasteiger partial charge on any atom is 0.333 e. The van der Waals surface area contributed by atoms with Gasteiger partial charge in [-0.05, 0) is 36.7 Å². The fourth-order valence-electron chi connectivity index (χ4n) is 1.77. The van der Waals surface area contributed by atoms with Crippen molar-refractivity contribution in [2.75, 3.05) is 11.9 Å². The predicted molar refractivity (Wildman–Crippen MR) is 72.9 cm³/mol. The van der Waals surface area contributed by atoms with E-state index in [0.29, 0.717) is 5.69 Å². The summed E-state index contributed by atoms with van der Waals surface area (Å²) in [5, 5.41) is 11.0. The lowest BCUT2D eigenvalue weighted by molar-refractivity contribution is -0.385. The molecule has 0 unspecified atom stereocenters. The van der Waals surface area contributed by atoms with Crippen molar-refractivity contribution in [1.29, 1.82) is 0 Å². The molecule has 1 aromatic heterocycles. The minimum Gasteiger partial charge on any atom is -0.323 e. The van der Waals surface area contributed by atoms with Crippen LogP contribution in [0.3, 0.4) is 0 Å². The lowest BCUT2D eigenvalue weighted by atomic mass is 10.2. The maximum absolute atomic E-state index is 13.2. The molecule has 0 bridgehead atoms. The Bertz CT molecular complexity index is 681. The summed E-state index contributed by atoms with van der Waals surface area (Å²) in [6.07, 6.45) is 0. The van der Waals surface area contributed by atoms with Crippen molar-refractivity contribution in [2.24, 2.45) is 0 Å². The van der Waals surface area contributed by atoms with Gasteiger partial charge in [0.05, 0.1) is 4.92 Å². The highest BCUT2D eigenvalue weighted by Crippen LogP contribution is 2.33. The largest absolute Gasteiger partial charge is 0.333 e. The van der Waals surface area contributed by atoms with Gasteiger partial charge < -0.3 is 4.90 Å². The maximum atomic E-state index is 13.2. The zero-order valence-electron chi connectivity index (χ0n) is 10.7. The van der Waals surface area contributed by atoms with Crippen molar-refractivity contribution < 1.29 is 9.31 Å². The van der Waals surface area contributed by atoms with E-state index in [-0.39, 0.29) is 22.5 Å². The van der Waals surface area contributed by atoms with E-state index >= 15 is 0 Å². The van der Waals surface area contributed by atoms with Gasteiger partial charge in [0.15, 0.2) is 0 Å². The molecule has 2 rings (SSSR count). The van der Waals surface area contributed by atoms with Crippen molar-refractivity contribution in [3.8, 4) is 0 Å². The molecular formula is C12H10ClFN4O2. The van der Waals surface area contributed by atoms with E-state index < -0.39 is 10.7 Å². The number of aromatic nitrogens is 2. The van der Waals surface area contributed by atoms with Gasteiger partial charge in [0.2, 0.25) is 11.1 Å². The zero-order chi connectivity index (χ0) is 14.9. The van der Waals surface area contributed by atoms with Gasteiger partial charge in [-0.15, -0.1) is 0 Å². The fourth-order valence-corrected chi connectivity index (χ4v) is 1.98. The normalized spacial score (nSPS) is 10.4. The van der Waals surface area contributed by atoms with Crippen LogP contribution < -0.4 is 4.90 Å². The SMILES string of the molecule is Cc1nc(Cl)nc(N(C)c2cccc(F)c2)c1[N+](=O)[O-]. The van der Waals surface area contributed by atoms with Gasteiger partial charge in [-0.1, -0.05) is 6.07 Å². The van der Waals surface area contributed by atoms with Crippen LogP contribution in [0.15, 0.2) is 24.3 Å². The van der Waals surface area contributed by atoms with E-state index in [4.69, 9.17) is 11.6 Å². The highest BCUT2D eigenvalue weighted by atomic mass is 35.5. The number of benzene rings is 1. The van der Waals surface area contributed by atoms with Crippen molar-refractivity contribution in [3.63, 3.8) is 0 Å². The molecule has 0 aliphatic heterocycles. The van der Waals surface area contributed by atoms with Gasteiger partial charge in [-0.2, -0.15) is 4.98 Å².